The third-order valence-electron chi connectivity index (χ3n) is 3.20. The van der Waals surface area contributed by atoms with Gasteiger partial charge in [0.2, 0.25) is 0 Å². The van der Waals surface area contributed by atoms with Gasteiger partial charge in [-0.25, -0.2) is 9.97 Å². The van der Waals surface area contributed by atoms with Crippen molar-refractivity contribution in [1.29, 1.82) is 0 Å². The lowest BCUT2D eigenvalue weighted by molar-refractivity contribution is 0.577. The molecule has 0 aliphatic carbocycles. The molecule has 0 bridgehead atoms. The predicted octanol–water partition coefficient (Wildman–Crippen LogP) is 4.34. The summed E-state index contributed by atoms with van der Waals surface area (Å²) in [5.41, 5.74) is 4.79. The Kier molecular flexibility index (Phi) is 3.63. The van der Waals surface area contributed by atoms with Crippen molar-refractivity contribution in [2.45, 2.75) is 26.4 Å². The highest BCUT2D eigenvalue weighted by molar-refractivity contribution is 7.16. The third-order valence-corrected chi connectivity index (χ3v) is 4.31. The summed E-state index contributed by atoms with van der Waals surface area (Å²) in [4.78, 5) is 8.59. The molecule has 0 spiro atoms. The van der Waals surface area contributed by atoms with E-state index in [0.717, 1.165) is 21.6 Å². The second-order valence-electron chi connectivity index (χ2n) is 4.86. The van der Waals surface area contributed by atoms with E-state index in [1.165, 1.54) is 0 Å². The Morgan fingerprint density at radius 3 is 3.05 bits per heavy atom. The Morgan fingerprint density at radius 1 is 1.40 bits per heavy atom. The van der Waals surface area contributed by atoms with Gasteiger partial charge >= 0.3 is 0 Å². The zero-order valence-electron chi connectivity index (χ0n) is 11.3. The molecule has 6 heteroatoms. The summed E-state index contributed by atoms with van der Waals surface area (Å²) in [6, 6.07) is 4.29. The minimum Gasteiger partial charge on any atom is -0.376 e. The van der Waals surface area contributed by atoms with Crippen LogP contribution in [-0.2, 0) is 6.54 Å². The van der Waals surface area contributed by atoms with Gasteiger partial charge in [-0.05, 0) is 26.0 Å². The first-order valence-electron chi connectivity index (χ1n) is 6.43. The molecule has 0 aliphatic heterocycles. The van der Waals surface area contributed by atoms with Gasteiger partial charge in [0.25, 0.3) is 0 Å². The van der Waals surface area contributed by atoms with Gasteiger partial charge in [0.1, 0.15) is 5.52 Å². The first-order valence-corrected chi connectivity index (χ1v) is 7.69. The smallest absolute Gasteiger partial charge is 0.106 e. The summed E-state index contributed by atoms with van der Waals surface area (Å²) in [6.07, 6.45) is 3.73. The minimum absolute atomic E-state index is 0.389. The van der Waals surface area contributed by atoms with Gasteiger partial charge in [0, 0.05) is 12.2 Å². The predicted molar refractivity (Wildman–Crippen MR) is 84.6 cm³/mol. The van der Waals surface area contributed by atoms with Crippen LogP contribution in [0.25, 0.3) is 10.2 Å². The Hall–Kier alpha value is -1.59. The van der Waals surface area contributed by atoms with E-state index in [-0.39, 0.29) is 0 Å². The molecular weight excluding hydrogens is 292 g/mol. The van der Waals surface area contributed by atoms with Crippen molar-refractivity contribution in [2.75, 3.05) is 5.32 Å². The number of fused-ring (bicyclic) bond motifs is 1. The van der Waals surface area contributed by atoms with E-state index in [1.807, 2.05) is 30.2 Å². The molecule has 1 N–H and O–H groups in total. The van der Waals surface area contributed by atoms with Crippen molar-refractivity contribution >= 4 is 38.8 Å². The zero-order chi connectivity index (χ0) is 14.1. The molecular formula is C14H15ClN4S. The maximum atomic E-state index is 6.28. The number of anilines is 1. The number of rotatable bonds is 4. The molecule has 0 saturated heterocycles. The van der Waals surface area contributed by atoms with E-state index >= 15 is 0 Å². The van der Waals surface area contributed by atoms with Gasteiger partial charge < -0.3 is 9.88 Å². The summed E-state index contributed by atoms with van der Waals surface area (Å²) >= 11 is 7.90. The fraction of sp³-hybridized carbons (Fsp3) is 0.286. The van der Waals surface area contributed by atoms with E-state index in [2.05, 4.69) is 33.7 Å². The number of thiazole rings is 1. The average molecular weight is 307 g/mol. The van der Waals surface area contributed by atoms with Gasteiger partial charge in [-0.3, -0.25) is 0 Å². The van der Waals surface area contributed by atoms with Gasteiger partial charge in [-0.1, -0.05) is 11.6 Å². The molecule has 20 heavy (non-hydrogen) atoms. The first kappa shape index (κ1) is 13.4. The van der Waals surface area contributed by atoms with Crippen LogP contribution in [0.5, 0.6) is 0 Å². The number of benzene rings is 1. The number of hydrogen-bond acceptors (Lipinski definition) is 4. The van der Waals surface area contributed by atoms with Crippen LogP contribution in [-0.4, -0.2) is 14.5 Å². The highest BCUT2D eigenvalue weighted by atomic mass is 35.5. The molecule has 3 rings (SSSR count). The van der Waals surface area contributed by atoms with Crippen LogP contribution in [0.3, 0.4) is 0 Å². The molecule has 0 fully saturated rings. The maximum Gasteiger partial charge on any atom is 0.106 e. The monoisotopic (exact) mass is 306 g/mol. The Bertz CT molecular complexity index is 732. The normalized spacial score (nSPS) is 11.4. The van der Waals surface area contributed by atoms with Gasteiger partial charge in [-0.2, -0.15) is 0 Å². The molecule has 0 aliphatic rings. The Balaban J connectivity index is 1.88. The van der Waals surface area contributed by atoms with E-state index in [4.69, 9.17) is 11.6 Å². The fourth-order valence-electron chi connectivity index (χ4n) is 2.19. The lowest BCUT2D eigenvalue weighted by Crippen LogP contribution is -2.09. The van der Waals surface area contributed by atoms with E-state index < -0.39 is 0 Å². The van der Waals surface area contributed by atoms with Crippen molar-refractivity contribution < 1.29 is 0 Å². The van der Waals surface area contributed by atoms with Crippen LogP contribution in [0.2, 0.25) is 5.02 Å². The van der Waals surface area contributed by atoms with Crippen LogP contribution < -0.4 is 5.32 Å². The van der Waals surface area contributed by atoms with Crippen molar-refractivity contribution in [3.05, 3.63) is 40.9 Å². The molecule has 2 aromatic heterocycles. The number of nitrogens with one attached hydrogen (secondary N) is 1. The third kappa shape index (κ3) is 2.39. The minimum atomic E-state index is 0.389. The molecule has 0 unspecified atom stereocenters. The SMILES string of the molecule is CC(C)n1cncc1CNc1c(Cl)ccc2scnc12. The summed E-state index contributed by atoms with van der Waals surface area (Å²) in [5.74, 6) is 0. The van der Waals surface area contributed by atoms with Gasteiger partial charge in [-0.15, -0.1) is 11.3 Å². The summed E-state index contributed by atoms with van der Waals surface area (Å²) in [5, 5.41) is 4.08. The Labute approximate surface area is 126 Å². The molecule has 0 radical (unpaired) electrons. The largest absolute Gasteiger partial charge is 0.376 e. The molecule has 0 atom stereocenters. The second-order valence-corrected chi connectivity index (χ2v) is 6.15. The molecule has 104 valence electrons. The number of imidazole rings is 1. The molecule has 4 nitrogen and oxygen atoms in total. The standard InChI is InChI=1S/C14H15ClN4S/c1-9(2)19-7-16-5-10(19)6-17-13-11(15)3-4-12-14(13)18-8-20-12/h3-5,7-9,17H,6H2,1-2H3. The summed E-state index contributed by atoms with van der Waals surface area (Å²) in [7, 11) is 0. The van der Waals surface area contributed by atoms with Crippen LogP contribution in [0.1, 0.15) is 25.6 Å². The molecule has 1 aromatic carbocycles. The molecule has 0 amide bonds. The lowest BCUT2D eigenvalue weighted by Gasteiger charge is -2.14. The summed E-state index contributed by atoms with van der Waals surface area (Å²) in [6.45, 7) is 4.95. The molecule has 0 saturated carbocycles. The molecule has 2 heterocycles. The van der Waals surface area contributed by atoms with E-state index in [1.54, 1.807) is 11.3 Å². The van der Waals surface area contributed by atoms with Crippen LogP contribution in [0.4, 0.5) is 5.69 Å². The Morgan fingerprint density at radius 2 is 2.25 bits per heavy atom. The van der Waals surface area contributed by atoms with Crippen molar-refractivity contribution in [2.24, 2.45) is 0 Å². The topological polar surface area (TPSA) is 42.7 Å². The van der Waals surface area contributed by atoms with E-state index in [9.17, 15) is 0 Å². The number of halogens is 1. The van der Waals surface area contributed by atoms with Crippen LogP contribution >= 0.6 is 22.9 Å². The van der Waals surface area contributed by atoms with Crippen molar-refractivity contribution in [3.8, 4) is 0 Å². The second kappa shape index (κ2) is 5.42. The highest BCUT2D eigenvalue weighted by Crippen LogP contribution is 2.32. The van der Waals surface area contributed by atoms with Gasteiger partial charge in [0.15, 0.2) is 0 Å². The highest BCUT2D eigenvalue weighted by Gasteiger charge is 2.10. The first-order chi connectivity index (χ1) is 9.66. The quantitative estimate of drug-likeness (QED) is 0.779. The summed E-state index contributed by atoms with van der Waals surface area (Å²) < 4.78 is 3.27. The van der Waals surface area contributed by atoms with Gasteiger partial charge in [0.05, 0.1) is 39.5 Å². The number of hydrogen-bond donors (Lipinski definition) is 1. The van der Waals surface area contributed by atoms with Crippen molar-refractivity contribution in [1.82, 2.24) is 14.5 Å². The van der Waals surface area contributed by atoms with Crippen LogP contribution in [0.15, 0.2) is 30.2 Å². The number of nitrogens with zero attached hydrogens (tertiary/aromatic N) is 3. The van der Waals surface area contributed by atoms with Crippen molar-refractivity contribution in [3.63, 3.8) is 0 Å². The fourth-order valence-corrected chi connectivity index (χ4v) is 3.09. The maximum absolute atomic E-state index is 6.28. The zero-order valence-corrected chi connectivity index (χ0v) is 12.9. The lowest BCUT2D eigenvalue weighted by atomic mass is 10.2. The molecule has 3 aromatic rings. The number of aromatic nitrogens is 3. The van der Waals surface area contributed by atoms with Crippen LogP contribution in [0, 0.1) is 0 Å². The average Bonchev–Trinajstić information content (AvgIpc) is 3.05. The van der Waals surface area contributed by atoms with E-state index in [0.29, 0.717) is 17.6 Å².